The summed E-state index contributed by atoms with van der Waals surface area (Å²) in [4.78, 5) is 9.36. The number of hydrogen-bond acceptors (Lipinski definition) is 4. The molecule has 0 radical (unpaired) electrons. The highest BCUT2D eigenvalue weighted by molar-refractivity contribution is 5.93. The van der Waals surface area contributed by atoms with Crippen molar-refractivity contribution < 1.29 is 0 Å². The highest BCUT2D eigenvalue weighted by Gasteiger charge is 2.30. The van der Waals surface area contributed by atoms with Crippen LogP contribution in [0, 0.1) is 12.3 Å². The van der Waals surface area contributed by atoms with Crippen LogP contribution in [0.1, 0.15) is 53.0 Å². The topological polar surface area (TPSA) is 48.1 Å². The van der Waals surface area contributed by atoms with E-state index >= 15 is 0 Å². The van der Waals surface area contributed by atoms with E-state index in [0.717, 1.165) is 47.6 Å². The van der Waals surface area contributed by atoms with Gasteiger partial charge in [0.15, 0.2) is 0 Å². The molecule has 3 aromatic rings. The SMILES string of the molecule is CC.CC1(C)CC1.Cc1ccc2[nH]nc(-c3ccnc(N4CCN(C)C(C)C4)c3)c2c1. The number of hydrogen-bond donors (Lipinski definition) is 1. The Hall–Kier alpha value is -2.40. The number of fused-ring (bicyclic) bond motifs is 1. The van der Waals surface area contributed by atoms with Crippen LogP contribution in [-0.2, 0) is 0 Å². The lowest BCUT2D eigenvalue weighted by molar-refractivity contribution is 0.233. The third-order valence-corrected chi connectivity index (χ3v) is 6.27. The van der Waals surface area contributed by atoms with E-state index in [1.165, 1.54) is 23.8 Å². The Balaban J connectivity index is 0.000000337. The van der Waals surface area contributed by atoms with Gasteiger partial charge in [-0.3, -0.25) is 5.10 Å². The van der Waals surface area contributed by atoms with Gasteiger partial charge in [0.25, 0.3) is 0 Å². The normalized spacial score (nSPS) is 19.8. The van der Waals surface area contributed by atoms with Crippen LogP contribution in [0.3, 0.4) is 0 Å². The summed E-state index contributed by atoms with van der Waals surface area (Å²) < 4.78 is 0. The summed E-state index contributed by atoms with van der Waals surface area (Å²) in [5, 5.41) is 8.84. The fraction of sp³-hybridized carbons (Fsp3) is 0.538. The molecule has 1 aliphatic heterocycles. The van der Waals surface area contributed by atoms with Gasteiger partial charge in [-0.25, -0.2) is 4.98 Å². The summed E-state index contributed by atoms with van der Waals surface area (Å²) in [6, 6.07) is 11.1. The third kappa shape index (κ3) is 5.85. The average molecular weight is 422 g/mol. The molecule has 168 valence electrons. The molecule has 1 unspecified atom stereocenters. The Kier molecular flexibility index (Phi) is 7.37. The molecule has 1 aromatic carbocycles. The maximum atomic E-state index is 4.60. The van der Waals surface area contributed by atoms with Crippen LogP contribution in [0.2, 0.25) is 0 Å². The number of aromatic nitrogens is 3. The van der Waals surface area contributed by atoms with E-state index in [9.17, 15) is 0 Å². The van der Waals surface area contributed by atoms with E-state index in [4.69, 9.17) is 0 Å². The van der Waals surface area contributed by atoms with Crippen molar-refractivity contribution in [3.05, 3.63) is 42.1 Å². The molecule has 1 saturated carbocycles. The molecule has 5 rings (SSSR count). The van der Waals surface area contributed by atoms with Crippen LogP contribution in [0.5, 0.6) is 0 Å². The minimum absolute atomic E-state index is 0.540. The maximum absolute atomic E-state index is 4.60. The first-order chi connectivity index (χ1) is 14.8. The first kappa shape index (κ1) is 23.3. The van der Waals surface area contributed by atoms with Gasteiger partial charge < -0.3 is 9.80 Å². The molecular formula is C26H39N5. The molecular weight excluding hydrogens is 382 g/mol. The van der Waals surface area contributed by atoms with Gasteiger partial charge in [-0.15, -0.1) is 0 Å². The lowest BCUT2D eigenvalue weighted by atomic mass is 10.1. The van der Waals surface area contributed by atoms with E-state index in [2.05, 4.69) is 84.0 Å². The minimum Gasteiger partial charge on any atom is -0.354 e. The fourth-order valence-corrected chi connectivity index (χ4v) is 3.59. The first-order valence-electron chi connectivity index (χ1n) is 11.7. The number of aromatic amines is 1. The van der Waals surface area contributed by atoms with Crippen LogP contribution in [0.4, 0.5) is 5.82 Å². The molecule has 5 nitrogen and oxygen atoms in total. The van der Waals surface area contributed by atoms with Gasteiger partial charge in [0.2, 0.25) is 0 Å². The number of benzene rings is 1. The van der Waals surface area contributed by atoms with Gasteiger partial charge in [0.1, 0.15) is 11.5 Å². The molecule has 1 aliphatic carbocycles. The molecule has 0 bridgehead atoms. The van der Waals surface area contributed by atoms with Crippen molar-refractivity contribution in [2.24, 2.45) is 5.41 Å². The van der Waals surface area contributed by atoms with E-state index in [1.807, 2.05) is 26.1 Å². The predicted octanol–water partition coefficient (Wildman–Crippen LogP) is 5.91. The van der Waals surface area contributed by atoms with E-state index in [0.29, 0.717) is 6.04 Å². The Morgan fingerprint density at radius 3 is 2.42 bits per heavy atom. The van der Waals surface area contributed by atoms with Crippen LogP contribution in [0.15, 0.2) is 36.5 Å². The molecule has 1 saturated heterocycles. The van der Waals surface area contributed by atoms with Crippen molar-refractivity contribution in [1.29, 1.82) is 0 Å². The summed E-state index contributed by atoms with van der Waals surface area (Å²) in [5.74, 6) is 1.04. The Bertz CT molecular complexity index is 984. The summed E-state index contributed by atoms with van der Waals surface area (Å²) in [6.45, 7) is 16.1. The lowest BCUT2D eigenvalue weighted by Gasteiger charge is -2.38. The Morgan fingerprint density at radius 2 is 1.77 bits per heavy atom. The second-order valence-corrected chi connectivity index (χ2v) is 9.46. The molecule has 2 fully saturated rings. The minimum atomic E-state index is 0.540. The third-order valence-electron chi connectivity index (χ3n) is 6.27. The molecule has 3 heterocycles. The molecule has 31 heavy (non-hydrogen) atoms. The van der Waals surface area contributed by atoms with Crippen molar-refractivity contribution in [3.8, 4) is 11.3 Å². The molecule has 2 aromatic heterocycles. The maximum Gasteiger partial charge on any atom is 0.129 e. The van der Waals surface area contributed by atoms with Crippen LogP contribution < -0.4 is 4.90 Å². The number of rotatable bonds is 2. The largest absolute Gasteiger partial charge is 0.354 e. The van der Waals surface area contributed by atoms with E-state index in [1.54, 1.807) is 0 Å². The predicted molar refractivity (Wildman–Crippen MR) is 133 cm³/mol. The number of likely N-dealkylation sites (N-methyl/N-ethyl adjacent to an activating group) is 1. The van der Waals surface area contributed by atoms with E-state index < -0.39 is 0 Å². The van der Waals surface area contributed by atoms with Crippen LogP contribution in [-0.4, -0.2) is 52.8 Å². The number of piperazine rings is 1. The van der Waals surface area contributed by atoms with Crippen molar-refractivity contribution in [3.63, 3.8) is 0 Å². The summed E-state index contributed by atoms with van der Waals surface area (Å²) in [6.07, 6.45) is 4.80. The van der Waals surface area contributed by atoms with Gasteiger partial charge in [0.05, 0.1) is 5.52 Å². The number of nitrogens with zero attached hydrogens (tertiary/aromatic N) is 4. The fourth-order valence-electron chi connectivity index (χ4n) is 3.59. The highest BCUT2D eigenvalue weighted by Crippen LogP contribution is 2.43. The van der Waals surface area contributed by atoms with Crippen molar-refractivity contribution in [1.82, 2.24) is 20.1 Å². The van der Waals surface area contributed by atoms with Crippen LogP contribution in [0.25, 0.3) is 22.2 Å². The molecule has 1 N–H and O–H groups in total. The number of aryl methyl sites for hydroxylation is 1. The highest BCUT2D eigenvalue weighted by atomic mass is 15.3. The molecule has 2 aliphatic rings. The summed E-state index contributed by atoms with van der Waals surface area (Å²) in [7, 11) is 2.18. The number of nitrogens with one attached hydrogen (secondary N) is 1. The first-order valence-corrected chi connectivity index (χ1v) is 11.7. The van der Waals surface area contributed by atoms with E-state index in [-0.39, 0.29) is 0 Å². The second-order valence-electron chi connectivity index (χ2n) is 9.46. The molecule has 0 spiro atoms. The molecule has 5 heteroatoms. The number of H-pyrrole nitrogens is 1. The second kappa shape index (κ2) is 9.82. The zero-order valence-electron chi connectivity index (χ0n) is 20.4. The van der Waals surface area contributed by atoms with Crippen molar-refractivity contribution >= 4 is 16.7 Å². The van der Waals surface area contributed by atoms with Gasteiger partial charge in [-0.05, 0) is 63.4 Å². The lowest BCUT2D eigenvalue weighted by Crippen LogP contribution is -2.50. The number of anilines is 1. The summed E-state index contributed by atoms with van der Waals surface area (Å²) in [5.41, 5.74) is 5.18. The van der Waals surface area contributed by atoms with Crippen LogP contribution >= 0.6 is 0 Å². The van der Waals surface area contributed by atoms with Gasteiger partial charge >= 0.3 is 0 Å². The zero-order valence-corrected chi connectivity index (χ0v) is 20.4. The molecule has 1 atom stereocenters. The Morgan fingerprint density at radius 1 is 1.06 bits per heavy atom. The Labute approximate surface area is 187 Å². The zero-order chi connectivity index (χ0) is 22.6. The summed E-state index contributed by atoms with van der Waals surface area (Å²) >= 11 is 0. The van der Waals surface area contributed by atoms with Gasteiger partial charge in [0, 0.05) is 42.8 Å². The number of pyridine rings is 1. The van der Waals surface area contributed by atoms with Gasteiger partial charge in [-0.2, -0.15) is 5.10 Å². The van der Waals surface area contributed by atoms with Crippen molar-refractivity contribution in [2.75, 3.05) is 31.6 Å². The molecule has 0 amide bonds. The van der Waals surface area contributed by atoms with Gasteiger partial charge in [-0.1, -0.05) is 39.3 Å². The quantitative estimate of drug-likeness (QED) is 0.559. The smallest absolute Gasteiger partial charge is 0.129 e. The standard InChI is InChI=1S/C19H23N5.C5H10.C2H6/c1-13-4-5-17-16(10-13)19(22-21-17)15-6-7-20-18(11-15)24-9-8-23(3)14(2)12-24;1-5(2)3-4-5;1-2/h4-7,10-11,14H,8-9,12H2,1-3H3,(H,21,22);3-4H2,1-2H3;1-2H3. The van der Waals surface area contributed by atoms with Crippen molar-refractivity contribution in [2.45, 2.75) is 60.4 Å². The average Bonchev–Trinajstić information content (AvgIpc) is 3.31. The monoisotopic (exact) mass is 421 g/mol.